The first-order valence-electron chi connectivity index (χ1n) is 10.4. The Morgan fingerprint density at radius 1 is 1.23 bits per heavy atom. The van der Waals surface area contributed by atoms with Gasteiger partial charge in [-0.1, -0.05) is 25.4 Å². The summed E-state index contributed by atoms with van der Waals surface area (Å²) in [5, 5.41) is 0.0795. The van der Waals surface area contributed by atoms with Crippen LogP contribution in [0.25, 0.3) is 0 Å². The first-order chi connectivity index (χ1) is 13.7. The Morgan fingerprint density at radius 3 is 2.53 bits per heavy atom. The van der Waals surface area contributed by atoms with Crippen molar-refractivity contribution in [2.24, 2.45) is 23.2 Å². The number of fused-ring (bicyclic) bond motifs is 2. The lowest BCUT2D eigenvalue weighted by Crippen LogP contribution is -2.49. The summed E-state index contributed by atoms with van der Waals surface area (Å²) in [7, 11) is 0. The molecule has 0 aromatic heterocycles. The quantitative estimate of drug-likeness (QED) is 0.471. The second-order valence-electron chi connectivity index (χ2n) is 10.4. The molecule has 2 fully saturated rings. The van der Waals surface area contributed by atoms with Gasteiger partial charge in [0.05, 0.1) is 17.2 Å². The second-order valence-corrected chi connectivity index (χ2v) is 10.8. The Hall–Kier alpha value is -1.43. The maximum atomic E-state index is 14.6. The van der Waals surface area contributed by atoms with E-state index in [0.29, 0.717) is 19.3 Å². The summed E-state index contributed by atoms with van der Waals surface area (Å²) < 4.78 is 54.6. The van der Waals surface area contributed by atoms with Gasteiger partial charge in [-0.2, -0.15) is 0 Å². The summed E-state index contributed by atoms with van der Waals surface area (Å²) in [4.78, 5) is 12.2. The summed E-state index contributed by atoms with van der Waals surface area (Å²) in [5.41, 5.74) is -1.48. The molecule has 0 heterocycles. The zero-order valence-corrected chi connectivity index (χ0v) is 18.9. The van der Waals surface area contributed by atoms with Gasteiger partial charge < -0.3 is 9.47 Å². The van der Waals surface area contributed by atoms with E-state index in [2.05, 4.69) is 0 Å². The lowest BCUT2D eigenvalue weighted by atomic mass is 9.58. The highest BCUT2D eigenvalue weighted by Gasteiger charge is 2.55. The van der Waals surface area contributed by atoms with Crippen molar-refractivity contribution in [2.45, 2.75) is 71.8 Å². The third kappa shape index (κ3) is 4.90. The number of halogens is 4. The molecule has 168 valence electrons. The summed E-state index contributed by atoms with van der Waals surface area (Å²) in [6.45, 7) is 8.80. The predicted octanol–water partition coefficient (Wildman–Crippen LogP) is 6.91. The van der Waals surface area contributed by atoms with Gasteiger partial charge in [-0.25, -0.2) is 18.0 Å². The number of carbonyl (C=O) groups excluding carboxylic acids is 1. The molecule has 2 aliphatic carbocycles. The van der Waals surface area contributed by atoms with E-state index in [1.807, 2.05) is 6.92 Å². The van der Waals surface area contributed by atoms with Crippen molar-refractivity contribution < 1.29 is 27.4 Å². The molecule has 1 aromatic carbocycles. The van der Waals surface area contributed by atoms with Crippen molar-refractivity contribution in [3.05, 3.63) is 28.5 Å². The molecule has 0 amide bonds. The fourth-order valence-electron chi connectivity index (χ4n) is 4.97. The largest absolute Gasteiger partial charge is 0.491 e. The number of alkyl halides is 2. The van der Waals surface area contributed by atoms with Crippen LogP contribution in [0.3, 0.4) is 0 Å². The standard InChI is InChI=1S/C23H30ClF3O3/c1-13-6-14-7-15(23(13,26)27)11-22(5,10-14)12-29-19-9-18(25)16(8-17(19)24)20(28)30-21(2,3)4/h8-9,13-15H,6-7,10-12H2,1-5H3. The molecule has 0 saturated heterocycles. The highest BCUT2D eigenvalue weighted by molar-refractivity contribution is 6.32. The summed E-state index contributed by atoms with van der Waals surface area (Å²) >= 11 is 6.22. The van der Waals surface area contributed by atoms with Gasteiger partial charge >= 0.3 is 5.97 Å². The van der Waals surface area contributed by atoms with Gasteiger partial charge in [0.25, 0.3) is 5.92 Å². The molecular formula is C23H30ClF3O3. The molecule has 4 atom stereocenters. The Bertz CT molecular complexity index is 819. The average Bonchev–Trinajstić information content (AvgIpc) is 2.59. The predicted molar refractivity (Wildman–Crippen MR) is 110 cm³/mol. The number of hydrogen-bond donors (Lipinski definition) is 0. The molecule has 0 radical (unpaired) electrons. The average molecular weight is 447 g/mol. The molecule has 7 heteroatoms. The van der Waals surface area contributed by atoms with Crippen LogP contribution >= 0.6 is 11.6 Å². The first-order valence-corrected chi connectivity index (χ1v) is 10.8. The minimum Gasteiger partial charge on any atom is -0.491 e. The molecule has 2 aliphatic rings. The van der Waals surface area contributed by atoms with Gasteiger partial charge in [0.15, 0.2) is 0 Å². The molecule has 2 saturated carbocycles. The number of benzene rings is 1. The van der Waals surface area contributed by atoms with E-state index in [-0.39, 0.29) is 28.9 Å². The smallest absolute Gasteiger partial charge is 0.341 e. The monoisotopic (exact) mass is 446 g/mol. The topological polar surface area (TPSA) is 35.5 Å². The van der Waals surface area contributed by atoms with E-state index in [1.54, 1.807) is 27.7 Å². The maximum Gasteiger partial charge on any atom is 0.341 e. The molecule has 2 bridgehead atoms. The highest BCUT2D eigenvalue weighted by Crippen LogP contribution is 2.56. The van der Waals surface area contributed by atoms with E-state index in [9.17, 15) is 18.0 Å². The summed E-state index contributed by atoms with van der Waals surface area (Å²) in [5.74, 6) is -5.19. The van der Waals surface area contributed by atoms with Gasteiger partial charge in [-0.3, -0.25) is 0 Å². The molecule has 30 heavy (non-hydrogen) atoms. The van der Waals surface area contributed by atoms with Crippen LogP contribution in [0.15, 0.2) is 12.1 Å². The molecule has 1 aromatic rings. The Morgan fingerprint density at radius 2 is 1.90 bits per heavy atom. The van der Waals surface area contributed by atoms with Crippen molar-refractivity contribution in [2.75, 3.05) is 6.61 Å². The fraction of sp³-hybridized carbons (Fsp3) is 0.696. The number of carbonyl (C=O) groups is 1. The number of ether oxygens (including phenoxy) is 2. The number of hydrogen-bond acceptors (Lipinski definition) is 3. The molecule has 0 spiro atoms. The van der Waals surface area contributed by atoms with E-state index >= 15 is 0 Å². The van der Waals surface area contributed by atoms with Crippen molar-refractivity contribution in [1.29, 1.82) is 0 Å². The normalized spacial score (nSPS) is 30.6. The third-order valence-corrected chi connectivity index (χ3v) is 6.54. The van der Waals surface area contributed by atoms with Crippen LogP contribution in [0.4, 0.5) is 13.2 Å². The van der Waals surface area contributed by atoms with E-state index in [0.717, 1.165) is 12.5 Å². The van der Waals surface area contributed by atoms with Crippen LogP contribution < -0.4 is 4.74 Å². The minimum atomic E-state index is -2.67. The molecular weight excluding hydrogens is 417 g/mol. The van der Waals surface area contributed by atoms with Crippen molar-refractivity contribution in [3.8, 4) is 5.75 Å². The Labute approximate surface area is 181 Å². The van der Waals surface area contributed by atoms with Crippen LogP contribution in [-0.2, 0) is 4.74 Å². The van der Waals surface area contributed by atoms with Crippen LogP contribution in [-0.4, -0.2) is 24.1 Å². The van der Waals surface area contributed by atoms with Gasteiger partial charge in [0.1, 0.15) is 17.2 Å². The Kier molecular flexibility index (Phi) is 6.14. The van der Waals surface area contributed by atoms with Gasteiger partial charge in [-0.05, 0) is 58.4 Å². The zero-order chi connectivity index (χ0) is 22.5. The molecule has 0 aliphatic heterocycles. The van der Waals surface area contributed by atoms with Crippen molar-refractivity contribution >= 4 is 17.6 Å². The van der Waals surface area contributed by atoms with Gasteiger partial charge in [0, 0.05) is 23.3 Å². The molecule has 3 nitrogen and oxygen atoms in total. The number of esters is 1. The number of rotatable bonds is 4. The van der Waals surface area contributed by atoms with E-state index in [4.69, 9.17) is 21.1 Å². The lowest BCUT2D eigenvalue weighted by molar-refractivity contribution is -0.172. The SMILES string of the molecule is CC1CC2CC(CC(C)(COc3cc(F)c(C(=O)OC(C)(C)C)cc3Cl)C2)C1(F)F. The van der Waals surface area contributed by atoms with Crippen LogP contribution in [0.2, 0.25) is 5.02 Å². The van der Waals surface area contributed by atoms with Gasteiger partial charge in [-0.15, -0.1) is 0 Å². The molecule has 3 rings (SSSR count). The van der Waals surface area contributed by atoms with Crippen molar-refractivity contribution in [3.63, 3.8) is 0 Å². The van der Waals surface area contributed by atoms with E-state index in [1.165, 1.54) is 6.07 Å². The van der Waals surface area contributed by atoms with Crippen LogP contribution in [0.5, 0.6) is 5.75 Å². The maximum absolute atomic E-state index is 14.6. The van der Waals surface area contributed by atoms with Gasteiger partial charge in [0.2, 0.25) is 0 Å². The molecule has 0 N–H and O–H groups in total. The van der Waals surface area contributed by atoms with Crippen molar-refractivity contribution in [1.82, 2.24) is 0 Å². The summed E-state index contributed by atoms with van der Waals surface area (Å²) in [6, 6.07) is 2.25. The lowest BCUT2D eigenvalue weighted by Gasteiger charge is -2.50. The molecule has 4 unspecified atom stereocenters. The summed E-state index contributed by atoms with van der Waals surface area (Å²) in [6.07, 6.45) is 2.21. The first kappa shape index (κ1) is 23.2. The minimum absolute atomic E-state index is 0.0795. The Balaban J connectivity index is 1.71. The third-order valence-electron chi connectivity index (χ3n) is 6.24. The van der Waals surface area contributed by atoms with E-state index < -0.39 is 40.6 Å². The zero-order valence-electron chi connectivity index (χ0n) is 18.2. The van der Waals surface area contributed by atoms with Crippen LogP contribution in [0.1, 0.15) is 70.7 Å². The second kappa shape index (κ2) is 7.92. The van der Waals surface area contributed by atoms with Crippen LogP contribution in [0, 0.1) is 29.0 Å². The highest BCUT2D eigenvalue weighted by atomic mass is 35.5. The fourth-order valence-corrected chi connectivity index (χ4v) is 5.19.